The van der Waals surface area contributed by atoms with Crippen LogP contribution in [0.2, 0.25) is 18.1 Å². The Hall–Kier alpha value is -0.243. The van der Waals surface area contributed by atoms with Gasteiger partial charge in [0, 0.05) is 0 Å². The van der Waals surface area contributed by atoms with Gasteiger partial charge in [0.2, 0.25) is 0 Å². The Morgan fingerprint density at radius 1 is 1.08 bits per heavy atom. The summed E-state index contributed by atoms with van der Waals surface area (Å²) in [5.41, 5.74) is 1.33. The third kappa shape index (κ3) is 2.60. The van der Waals surface area contributed by atoms with E-state index in [1.165, 1.54) is 11.0 Å². The highest BCUT2D eigenvalue weighted by Gasteiger charge is 2.40. The molecular weight excluding hydrogens is 176 g/mol. The lowest BCUT2D eigenvalue weighted by Gasteiger charge is -2.38. The van der Waals surface area contributed by atoms with Gasteiger partial charge in [-0.3, -0.25) is 0 Å². The van der Waals surface area contributed by atoms with Crippen LogP contribution in [0.1, 0.15) is 34.6 Å². The van der Waals surface area contributed by atoms with Crippen molar-refractivity contribution in [2.24, 2.45) is 0 Å². The Bertz CT molecular complexity index is 205. The highest BCUT2D eigenvalue weighted by Crippen LogP contribution is 2.41. The lowest BCUT2D eigenvalue weighted by Crippen LogP contribution is -2.41. The van der Waals surface area contributed by atoms with Gasteiger partial charge in [0.15, 0.2) is 0 Å². The number of hydrogen-bond donors (Lipinski definition) is 0. The van der Waals surface area contributed by atoms with Crippen LogP contribution in [0.5, 0.6) is 0 Å². The summed E-state index contributed by atoms with van der Waals surface area (Å²) in [7, 11) is 0.354. The van der Waals surface area contributed by atoms with E-state index in [2.05, 4.69) is 47.7 Å². The predicted octanol–water partition coefficient (Wildman–Crippen LogP) is 3.97. The summed E-state index contributed by atoms with van der Waals surface area (Å²) in [6.07, 6.45) is 0. The zero-order valence-corrected chi connectivity index (χ0v) is 11.4. The maximum Gasteiger partial charge on any atom is 0.130 e. The summed E-state index contributed by atoms with van der Waals surface area (Å²) < 4.78 is 5.54. The van der Waals surface area contributed by atoms with E-state index in [-0.39, 0.29) is 0 Å². The molecule has 0 saturated carbocycles. The second-order valence-electron chi connectivity index (χ2n) is 5.41. The smallest absolute Gasteiger partial charge is 0.130 e. The molecule has 0 atom stereocenters. The van der Waals surface area contributed by atoms with Crippen molar-refractivity contribution in [2.45, 2.75) is 52.8 Å². The molecule has 0 fully saturated rings. The van der Waals surface area contributed by atoms with E-state index < -0.39 is 8.07 Å². The molecule has 0 aromatic carbocycles. The highest BCUT2D eigenvalue weighted by atomic mass is 28.3. The molecule has 0 aliphatic heterocycles. The Balaban J connectivity index is 5.15. The van der Waals surface area contributed by atoms with Crippen LogP contribution in [-0.4, -0.2) is 15.2 Å². The Morgan fingerprint density at radius 3 is 1.54 bits per heavy atom. The highest BCUT2D eigenvalue weighted by molar-refractivity contribution is 6.86. The van der Waals surface area contributed by atoms with E-state index in [4.69, 9.17) is 4.74 Å². The van der Waals surface area contributed by atoms with Crippen molar-refractivity contribution < 1.29 is 4.74 Å². The van der Waals surface area contributed by atoms with Crippen molar-refractivity contribution in [1.82, 2.24) is 0 Å². The van der Waals surface area contributed by atoms with Crippen molar-refractivity contribution in [3.63, 3.8) is 0 Å². The quantitative estimate of drug-likeness (QED) is 0.484. The van der Waals surface area contributed by atoms with Gasteiger partial charge in [0.1, 0.15) is 8.07 Å². The topological polar surface area (TPSA) is 9.23 Å². The molecule has 0 aliphatic carbocycles. The number of allylic oxidation sites excluding steroid dienone is 1. The first-order chi connectivity index (χ1) is 5.64. The minimum absolute atomic E-state index is 0.357. The molecule has 0 radical (unpaired) electrons. The van der Waals surface area contributed by atoms with Gasteiger partial charge in [-0.25, -0.2) is 0 Å². The van der Waals surface area contributed by atoms with Gasteiger partial charge in [0.05, 0.1) is 12.5 Å². The molecule has 0 bridgehead atoms. The van der Waals surface area contributed by atoms with Crippen LogP contribution < -0.4 is 0 Å². The molecule has 0 N–H and O–H groups in total. The largest absolute Gasteiger partial charge is 0.506 e. The van der Waals surface area contributed by atoms with Gasteiger partial charge < -0.3 is 4.74 Å². The van der Waals surface area contributed by atoms with Crippen LogP contribution in [0.3, 0.4) is 0 Å². The lowest BCUT2D eigenvalue weighted by molar-refractivity contribution is 0.308. The summed E-state index contributed by atoms with van der Waals surface area (Å²) >= 11 is 0. The van der Waals surface area contributed by atoms with Gasteiger partial charge in [-0.15, -0.1) is 0 Å². The molecule has 78 valence electrons. The molecule has 0 saturated heterocycles. The van der Waals surface area contributed by atoms with Crippen molar-refractivity contribution >= 4 is 8.07 Å². The second kappa shape index (κ2) is 3.87. The molecule has 2 heteroatoms. The van der Waals surface area contributed by atoms with Crippen molar-refractivity contribution in [3.05, 3.63) is 11.0 Å². The minimum Gasteiger partial charge on any atom is -0.506 e. The Kier molecular flexibility index (Phi) is 3.79. The first-order valence-electron chi connectivity index (χ1n) is 4.86. The van der Waals surface area contributed by atoms with Crippen molar-refractivity contribution in [2.75, 3.05) is 7.11 Å². The van der Waals surface area contributed by atoms with Crippen LogP contribution >= 0.6 is 0 Å². The van der Waals surface area contributed by atoms with E-state index in [0.29, 0.717) is 5.04 Å². The number of hydrogen-bond acceptors (Lipinski definition) is 1. The predicted molar refractivity (Wildman–Crippen MR) is 62.6 cm³/mol. The zero-order chi connectivity index (χ0) is 10.9. The number of ether oxygens (including phenoxy) is 1. The molecule has 13 heavy (non-hydrogen) atoms. The van der Waals surface area contributed by atoms with E-state index >= 15 is 0 Å². The minimum atomic E-state index is -1.44. The van der Waals surface area contributed by atoms with E-state index in [0.717, 1.165) is 0 Å². The Morgan fingerprint density at radius 2 is 1.46 bits per heavy atom. The Labute approximate surface area is 84.2 Å². The molecule has 0 spiro atoms. The SMILES string of the molecule is COC(=C(C)C)[Si](C)(C)C(C)(C)C. The van der Waals surface area contributed by atoms with Gasteiger partial charge >= 0.3 is 0 Å². The van der Waals surface area contributed by atoms with Crippen LogP contribution in [-0.2, 0) is 4.74 Å². The fourth-order valence-corrected chi connectivity index (χ4v) is 3.87. The van der Waals surface area contributed by atoms with E-state index in [1.807, 2.05) is 0 Å². The molecule has 0 rings (SSSR count). The average Bonchev–Trinajstić information content (AvgIpc) is 1.83. The molecule has 0 aromatic heterocycles. The molecule has 0 aliphatic rings. The van der Waals surface area contributed by atoms with E-state index in [1.54, 1.807) is 7.11 Å². The lowest BCUT2D eigenvalue weighted by atomic mass is 10.2. The monoisotopic (exact) mass is 200 g/mol. The molecular formula is C11H24OSi. The molecule has 0 unspecified atom stereocenters. The summed E-state index contributed by atoms with van der Waals surface area (Å²) in [5, 5.41) is 1.61. The first kappa shape index (κ1) is 12.8. The molecule has 0 amide bonds. The standard InChI is InChI=1S/C11H24OSi/c1-9(2)10(12-6)13(7,8)11(3,4)5/h1-8H3. The summed E-state index contributed by atoms with van der Waals surface area (Å²) in [4.78, 5) is 0. The third-order valence-electron chi connectivity index (χ3n) is 3.10. The maximum absolute atomic E-state index is 5.54. The molecule has 0 aromatic rings. The van der Waals surface area contributed by atoms with Crippen LogP contribution in [0.25, 0.3) is 0 Å². The third-order valence-corrected chi connectivity index (χ3v) is 8.69. The fourth-order valence-electron chi connectivity index (χ4n) is 1.42. The van der Waals surface area contributed by atoms with E-state index in [9.17, 15) is 0 Å². The van der Waals surface area contributed by atoms with Crippen molar-refractivity contribution in [3.8, 4) is 0 Å². The first-order valence-corrected chi connectivity index (χ1v) is 7.86. The van der Waals surface area contributed by atoms with Crippen molar-refractivity contribution in [1.29, 1.82) is 0 Å². The molecule has 1 nitrogen and oxygen atoms in total. The van der Waals surface area contributed by atoms with Crippen LogP contribution in [0, 0.1) is 0 Å². The summed E-state index contributed by atoms with van der Waals surface area (Å²) in [5.74, 6) is 0. The number of methoxy groups -OCH3 is 1. The second-order valence-corrected chi connectivity index (χ2v) is 10.6. The average molecular weight is 200 g/mol. The van der Waals surface area contributed by atoms with Gasteiger partial charge in [-0.05, 0) is 24.5 Å². The fraction of sp³-hybridized carbons (Fsp3) is 0.818. The summed E-state index contributed by atoms with van der Waals surface area (Å²) in [6.45, 7) is 15.9. The van der Waals surface area contributed by atoms with Crippen LogP contribution in [0.4, 0.5) is 0 Å². The normalized spacial score (nSPS) is 12.6. The van der Waals surface area contributed by atoms with Gasteiger partial charge in [-0.1, -0.05) is 33.9 Å². The van der Waals surface area contributed by atoms with Gasteiger partial charge in [-0.2, -0.15) is 0 Å². The van der Waals surface area contributed by atoms with Crippen LogP contribution in [0.15, 0.2) is 11.0 Å². The molecule has 0 heterocycles. The maximum atomic E-state index is 5.54. The van der Waals surface area contributed by atoms with Gasteiger partial charge in [0.25, 0.3) is 0 Å². The number of rotatable bonds is 2. The zero-order valence-electron chi connectivity index (χ0n) is 10.4. The summed E-state index contributed by atoms with van der Waals surface area (Å²) in [6, 6.07) is 0.